The van der Waals surface area contributed by atoms with Gasteiger partial charge in [0.25, 0.3) is 0 Å². The average molecular weight is 351 g/mol. The summed E-state index contributed by atoms with van der Waals surface area (Å²) in [5.41, 5.74) is 3.13. The monoisotopic (exact) mass is 351 g/mol. The van der Waals surface area contributed by atoms with Crippen LogP contribution in [0.1, 0.15) is 42.5 Å². The zero-order chi connectivity index (χ0) is 18.1. The lowest BCUT2D eigenvalue weighted by Crippen LogP contribution is -2.41. The Hall–Kier alpha value is -2.96. The zero-order valence-corrected chi connectivity index (χ0v) is 14.9. The Morgan fingerprint density at radius 2 is 2.12 bits per heavy atom. The van der Waals surface area contributed by atoms with Crippen molar-refractivity contribution in [2.45, 2.75) is 39.2 Å². The minimum Gasteiger partial charge on any atom is -0.361 e. The van der Waals surface area contributed by atoms with Crippen molar-refractivity contribution >= 4 is 22.6 Å². The lowest BCUT2D eigenvalue weighted by atomic mass is 9.99. The van der Waals surface area contributed by atoms with Crippen LogP contribution in [0.15, 0.2) is 34.9 Å². The highest BCUT2D eigenvalue weighted by Gasteiger charge is 2.30. The molecule has 1 atom stereocenters. The molecule has 7 nitrogen and oxygen atoms in total. The molecule has 1 aliphatic heterocycles. The maximum atomic E-state index is 13.0. The van der Waals surface area contributed by atoms with E-state index in [0.29, 0.717) is 6.54 Å². The number of fused-ring (bicyclic) bond motifs is 1. The van der Waals surface area contributed by atoms with Gasteiger partial charge in [0.05, 0.1) is 22.9 Å². The molecule has 0 unspecified atom stereocenters. The summed E-state index contributed by atoms with van der Waals surface area (Å²) in [6.45, 7) is 4.45. The van der Waals surface area contributed by atoms with Crippen LogP contribution < -0.4 is 5.32 Å². The van der Waals surface area contributed by atoms with E-state index < -0.39 is 0 Å². The van der Waals surface area contributed by atoms with Crippen molar-refractivity contribution in [3.8, 4) is 0 Å². The molecule has 1 aliphatic rings. The molecule has 1 N–H and O–H groups in total. The van der Waals surface area contributed by atoms with E-state index in [1.807, 2.05) is 49.1 Å². The molecule has 134 valence electrons. The number of aryl methyl sites for hydroxylation is 2. The van der Waals surface area contributed by atoms with Crippen molar-refractivity contribution < 1.29 is 9.32 Å². The van der Waals surface area contributed by atoms with Gasteiger partial charge in [-0.1, -0.05) is 11.2 Å². The number of carbonyl (C=O) groups is 1. The van der Waals surface area contributed by atoms with Gasteiger partial charge in [0.15, 0.2) is 0 Å². The number of hydrogen-bond acceptors (Lipinski definition) is 5. The van der Waals surface area contributed by atoms with E-state index in [0.717, 1.165) is 53.0 Å². The standard InChI is InChI=1S/C19H21N5O2/c1-12-10-14-15(6-5-7-16(14)22-21-12)20-19(25)24-9-4-3-8-18(24)17-11-13(2)26-23-17/h5-7,10-11,18H,3-4,8-9H2,1-2H3,(H,20,25)/t18-/m0/s1. The van der Waals surface area contributed by atoms with Crippen molar-refractivity contribution in [1.82, 2.24) is 20.3 Å². The van der Waals surface area contributed by atoms with E-state index in [2.05, 4.69) is 20.7 Å². The number of aromatic nitrogens is 3. The number of urea groups is 1. The summed E-state index contributed by atoms with van der Waals surface area (Å²) in [7, 11) is 0. The Morgan fingerprint density at radius 1 is 1.23 bits per heavy atom. The molecule has 0 spiro atoms. The molecule has 26 heavy (non-hydrogen) atoms. The first kappa shape index (κ1) is 16.5. The normalized spacial score (nSPS) is 17.5. The van der Waals surface area contributed by atoms with Gasteiger partial charge in [0, 0.05) is 18.0 Å². The molecule has 0 bridgehead atoms. The van der Waals surface area contributed by atoms with Gasteiger partial charge in [-0.3, -0.25) is 0 Å². The fourth-order valence-electron chi connectivity index (χ4n) is 3.48. The third-order valence-corrected chi connectivity index (χ3v) is 4.74. The summed E-state index contributed by atoms with van der Waals surface area (Å²) in [6.07, 6.45) is 2.95. The number of rotatable bonds is 2. The Balaban J connectivity index is 1.62. The second-order valence-corrected chi connectivity index (χ2v) is 6.72. The molecule has 0 radical (unpaired) electrons. The van der Waals surface area contributed by atoms with Gasteiger partial charge in [-0.2, -0.15) is 10.2 Å². The SMILES string of the molecule is Cc1cc2c(NC(=O)N3CCCC[C@H]3c3cc(C)on3)cccc2nn1. The topological polar surface area (TPSA) is 84.2 Å². The van der Waals surface area contributed by atoms with Crippen molar-refractivity contribution in [3.05, 3.63) is 47.5 Å². The van der Waals surface area contributed by atoms with Gasteiger partial charge in [-0.25, -0.2) is 4.79 Å². The van der Waals surface area contributed by atoms with Crippen molar-refractivity contribution in [3.63, 3.8) is 0 Å². The summed E-state index contributed by atoms with van der Waals surface area (Å²) in [5.74, 6) is 0.758. The third kappa shape index (κ3) is 3.12. The van der Waals surface area contributed by atoms with Crippen LogP contribution in [0.25, 0.3) is 10.9 Å². The predicted molar refractivity (Wildman–Crippen MR) is 97.8 cm³/mol. The first-order chi connectivity index (χ1) is 12.6. The number of piperidine rings is 1. The van der Waals surface area contributed by atoms with Gasteiger partial charge in [-0.05, 0) is 51.3 Å². The van der Waals surface area contributed by atoms with E-state index >= 15 is 0 Å². The van der Waals surface area contributed by atoms with Gasteiger partial charge in [0.2, 0.25) is 0 Å². The first-order valence-corrected chi connectivity index (χ1v) is 8.86. The summed E-state index contributed by atoms with van der Waals surface area (Å²) >= 11 is 0. The summed E-state index contributed by atoms with van der Waals surface area (Å²) in [4.78, 5) is 14.9. The summed E-state index contributed by atoms with van der Waals surface area (Å²) in [5, 5.41) is 16.3. The van der Waals surface area contributed by atoms with Gasteiger partial charge in [0.1, 0.15) is 11.5 Å². The fraction of sp³-hybridized carbons (Fsp3) is 0.368. The van der Waals surface area contributed by atoms with Crippen LogP contribution in [0.3, 0.4) is 0 Å². The van der Waals surface area contributed by atoms with Crippen molar-refractivity contribution in [1.29, 1.82) is 0 Å². The minimum atomic E-state index is -0.127. The third-order valence-electron chi connectivity index (χ3n) is 4.74. The quantitative estimate of drug-likeness (QED) is 0.754. The molecular formula is C19H21N5O2. The molecule has 1 aromatic carbocycles. The molecule has 2 amide bonds. The second kappa shape index (κ2) is 6.74. The van der Waals surface area contributed by atoms with Crippen LogP contribution in [0.5, 0.6) is 0 Å². The highest BCUT2D eigenvalue weighted by molar-refractivity contribution is 6.00. The molecule has 1 fully saturated rings. The Morgan fingerprint density at radius 3 is 2.92 bits per heavy atom. The number of likely N-dealkylation sites (tertiary alicyclic amines) is 1. The lowest BCUT2D eigenvalue weighted by Gasteiger charge is -2.34. The molecule has 3 heterocycles. The maximum Gasteiger partial charge on any atom is 0.322 e. The highest BCUT2D eigenvalue weighted by Crippen LogP contribution is 2.31. The second-order valence-electron chi connectivity index (χ2n) is 6.72. The van der Waals surface area contributed by atoms with Gasteiger partial charge >= 0.3 is 6.03 Å². The number of anilines is 1. The van der Waals surface area contributed by atoms with Crippen LogP contribution >= 0.6 is 0 Å². The minimum absolute atomic E-state index is 0.0577. The number of nitrogens with one attached hydrogen (secondary N) is 1. The fourth-order valence-corrected chi connectivity index (χ4v) is 3.48. The van der Waals surface area contributed by atoms with Crippen molar-refractivity contribution in [2.75, 3.05) is 11.9 Å². The van der Waals surface area contributed by atoms with Crippen LogP contribution in [0.2, 0.25) is 0 Å². The Labute approximate surface area is 151 Å². The Kier molecular flexibility index (Phi) is 4.28. The molecule has 0 aliphatic carbocycles. The smallest absolute Gasteiger partial charge is 0.322 e. The number of benzene rings is 1. The molecule has 1 saturated heterocycles. The van der Waals surface area contributed by atoms with Gasteiger partial charge < -0.3 is 14.7 Å². The number of nitrogens with zero attached hydrogens (tertiary/aromatic N) is 4. The summed E-state index contributed by atoms with van der Waals surface area (Å²) < 4.78 is 5.21. The Bertz CT molecular complexity index is 952. The number of amides is 2. The van der Waals surface area contributed by atoms with Crippen LogP contribution in [-0.4, -0.2) is 32.8 Å². The van der Waals surface area contributed by atoms with E-state index in [9.17, 15) is 4.79 Å². The highest BCUT2D eigenvalue weighted by atomic mass is 16.5. The lowest BCUT2D eigenvalue weighted by molar-refractivity contribution is 0.159. The molecule has 4 rings (SSSR count). The van der Waals surface area contributed by atoms with Crippen LogP contribution in [0, 0.1) is 13.8 Å². The van der Waals surface area contributed by atoms with E-state index in [1.54, 1.807) is 0 Å². The largest absolute Gasteiger partial charge is 0.361 e. The van der Waals surface area contributed by atoms with Gasteiger partial charge in [-0.15, -0.1) is 0 Å². The molecule has 3 aromatic rings. The predicted octanol–water partition coefficient (Wildman–Crippen LogP) is 3.99. The first-order valence-electron chi connectivity index (χ1n) is 8.86. The van der Waals surface area contributed by atoms with Crippen molar-refractivity contribution in [2.24, 2.45) is 0 Å². The zero-order valence-electron chi connectivity index (χ0n) is 14.9. The maximum absolute atomic E-state index is 13.0. The molecule has 2 aromatic heterocycles. The molecule has 7 heteroatoms. The molecule has 0 saturated carbocycles. The number of carbonyl (C=O) groups excluding carboxylic acids is 1. The van der Waals surface area contributed by atoms with Crippen LogP contribution in [-0.2, 0) is 0 Å². The molecular weight excluding hydrogens is 330 g/mol. The van der Waals surface area contributed by atoms with E-state index in [-0.39, 0.29) is 12.1 Å². The van der Waals surface area contributed by atoms with E-state index in [4.69, 9.17) is 4.52 Å². The van der Waals surface area contributed by atoms with E-state index in [1.165, 1.54) is 0 Å². The number of hydrogen-bond donors (Lipinski definition) is 1. The summed E-state index contributed by atoms with van der Waals surface area (Å²) in [6, 6.07) is 9.31. The van der Waals surface area contributed by atoms with Crippen LogP contribution in [0.4, 0.5) is 10.5 Å². The average Bonchev–Trinajstić information content (AvgIpc) is 3.08.